The third kappa shape index (κ3) is 5.75. The lowest BCUT2D eigenvalue weighted by Gasteiger charge is -2.34. The number of hydrogen-bond donors (Lipinski definition) is 0. The molecule has 0 aliphatic carbocycles. The van der Waals surface area contributed by atoms with Gasteiger partial charge in [-0.1, -0.05) is 13.8 Å². The van der Waals surface area contributed by atoms with Gasteiger partial charge in [-0.05, 0) is 53.9 Å². The predicted octanol–water partition coefficient (Wildman–Crippen LogP) is 3.28. The zero-order valence-corrected chi connectivity index (χ0v) is 13.1. The maximum atomic E-state index is 2.62. The highest BCUT2D eigenvalue weighted by atomic mass is 127. The van der Waals surface area contributed by atoms with E-state index in [2.05, 4.69) is 51.3 Å². The third-order valence-electron chi connectivity index (χ3n) is 2.96. The van der Waals surface area contributed by atoms with E-state index in [4.69, 9.17) is 0 Å². The van der Waals surface area contributed by atoms with Crippen molar-refractivity contribution in [3.8, 4) is 0 Å². The minimum atomic E-state index is 0.814. The molecule has 1 saturated heterocycles. The second kappa shape index (κ2) is 7.35. The highest BCUT2D eigenvalue weighted by Crippen LogP contribution is 2.23. The van der Waals surface area contributed by atoms with Crippen LogP contribution >= 0.6 is 30.3 Å². The molecule has 0 aromatic carbocycles. The molecule has 1 rings (SSSR count). The summed E-state index contributed by atoms with van der Waals surface area (Å²) in [4.78, 5) is 2.62. The van der Waals surface area contributed by atoms with Crippen LogP contribution in [0.4, 0.5) is 0 Å². The maximum Gasteiger partial charge on any atom is 0.0146 e. The van der Waals surface area contributed by atoms with Gasteiger partial charge in [-0.15, -0.1) is 0 Å². The van der Waals surface area contributed by atoms with Crippen molar-refractivity contribution >= 4 is 30.3 Å². The molecule has 2 nitrogen and oxygen atoms in total. The van der Waals surface area contributed by atoms with Crippen LogP contribution < -0.4 is 0 Å². The minimum Gasteiger partial charge on any atom is -0.303 e. The monoisotopic (exact) mass is 342 g/mol. The van der Waals surface area contributed by atoms with Crippen LogP contribution in [0.25, 0.3) is 0 Å². The molecule has 1 aliphatic rings. The number of hydrogen-bond acceptors (Lipinski definition) is 3. The van der Waals surface area contributed by atoms with E-state index in [9.17, 15) is 0 Å². The number of rotatable bonds is 5. The van der Waals surface area contributed by atoms with Crippen molar-refractivity contribution in [1.82, 2.24) is 9.21 Å². The highest BCUT2D eigenvalue weighted by molar-refractivity contribution is 14.2. The Morgan fingerprint density at radius 1 is 1.40 bits per heavy atom. The van der Waals surface area contributed by atoms with Gasteiger partial charge in [-0.25, -0.2) is 4.31 Å². The summed E-state index contributed by atoms with van der Waals surface area (Å²) in [6, 6.07) is 0. The van der Waals surface area contributed by atoms with E-state index < -0.39 is 0 Å². The van der Waals surface area contributed by atoms with E-state index in [1.54, 1.807) is 0 Å². The molecule has 1 heterocycles. The van der Waals surface area contributed by atoms with Crippen LogP contribution in [0.1, 0.15) is 26.7 Å². The summed E-state index contributed by atoms with van der Waals surface area (Å²) in [5.41, 5.74) is 0. The summed E-state index contributed by atoms with van der Waals surface area (Å²) in [6.45, 7) is 9.77. The highest BCUT2D eigenvalue weighted by Gasteiger charge is 2.20. The lowest BCUT2D eigenvalue weighted by molar-refractivity contribution is 0.160. The van der Waals surface area contributed by atoms with Crippen LogP contribution in [0.2, 0.25) is 0 Å². The lowest BCUT2D eigenvalue weighted by Crippen LogP contribution is -2.38. The molecule has 0 aromatic heterocycles. The first kappa shape index (κ1) is 14.1. The van der Waals surface area contributed by atoms with Crippen LogP contribution in [0, 0.1) is 11.8 Å². The van der Waals surface area contributed by atoms with Gasteiger partial charge >= 0.3 is 0 Å². The molecular weight excluding hydrogens is 319 g/mol. The Morgan fingerprint density at radius 3 is 2.47 bits per heavy atom. The van der Waals surface area contributed by atoms with Crippen molar-refractivity contribution in [2.75, 3.05) is 33.2 Å². The zero-order chi connectivity index (χ0) is 11.3. The van der Waals surface area contributed by atoms with Gasteiger partial charge in [-0.2, -0.15) is 0 Å². The van der Waals surface area contributed by atoms with Crippen LogP contribution in [0.3, 0.4) is 0 Å². The molecule has 0 saturated carbocycles. The summed E-state index contributed by atoms with van der Waals surface area (Å²) in [6.07, 6.45) is 2.77. The summed E-state index contributed by atoms with van der Waals surface area (Å²) in [5, 5.41) is 0. The third-order valence-corrected chi connectivity index (χ3v) is 5.37. The van der Waals surface area contributed by atoms with Crippen molar-refractivity contribution in [2.24, 2.45) is 11.8 Å². The summed E-state index contributed by atoms with van der Waals surface area (Å²) >= 11 is 2.36. The number of nitrogens with zero attached hydrogens (tertiary/aromatic N) is 2. The van der Waals surface area contributed by atoms with E-state index in [1.807, 2.05) is 9.12 Å². The fourth-order valence-corrected chi connectivity index (χ4v) is 3.01. The second-order valence-corrected chi connectivity index (χ2v) is 6.96. The van der Waals surface area contributed by atoms with Crippen molar-refractivity contribution in [3.05, 3.63) is 0 Å². The van der Waals surface area contributed by atoms with Crippen LogP contribution in [-0.2, 0) is 0 Å². The first-order valence-electron chi connectivity index (χ1n) is 5.84. The average Bonchev–Trinajstić information content (AvgIpc) is 2.20. The molecule has 1 fully saturated rings. The van der Waals surface area contributed by atoms with Crippen molar-refractivity contribution in [2.45, 2.75) is 26.7 Å². The Labute approximate surface area is 111 Å². The average molecular weight is 342 g/mol. The van der Waals surface area contributed by atoms with E-state index in [0.29, 0.717) is 0 Å². The van der Waals surface area contributed by atoms with E-state index >= 15 is 0 Å². The molecule has 0 amide bonds. The van der Waals surface area contributed by atoms with Gasteiger partial charge in [0, 0.05) is 34.3 Å². The molecule has 0 unspecified atom stereocenters. The molecular formula is C11H23IN2S. The molecule has 1 aliphatic heterocycles. The number of likely N-dealkylation sites (tertiary alicyclic amines) is 1. The Morgan fingerprint density at radius 2 is 2.00 bits per heavy atom. The van der Waals surface area contributed by atoms with Gasteiger partial charge in [0.2, 0.25) is 0 Å². The molecule has 90 valence electrons. The molecule has 4 heteroatoms. The lowest BCUT2D eigenvalue weighted by atomic mass is 9.96. The molecule has 0 aromatic rings. The Kier molecular flexibility index (Phi) is 6.89. The van der Waals surface area contributed by atoms with Gasteiger partial charge < -0.3 is 4.90 Å². The van der Waals surface area contributed by atoms with E-state index in [-0.39, 0.29) is 0 Å². The van der Waals surface area contributed by atoms with Gasteiger partial charge in [0.05, 0.1) is 0 Å². The predicted molar refractivity (Wildman–Crippen MR) is 78.2 cm³/mol. The number of halogens is 1. The maximum absolute atomic E-state index is 2.62. The van der Waals surface area contributed by atoms with Gasteiger partial charge in [0.15, 0.2) is 0 Å². The fraction of sp³-hybridized carbons (Fsp3) is 1.00. The standard InChI is InChI=1S/C11H23IN2S/c1-10(2)8-14-6-4-11(5-7-14)9-13(3)15-12/h10-11H,4-9H2,1-3H3. The van der Waals surface area contributed by atoms with E-state index in [0.717, 1.165) is 11.8 Å². The molecule has 15 heavy (non-hydrogen) atoms. The summed E-state index contributed by atoms with van der Waals surface area (Å²) in [7, 11) is 4.01. The normalized spacial score (nSPS) is 20.4. The summed E-state index contributed by atoms with van der Waals surface area (Å²) < 4.78 is 2.35. The Hall–Kier alpha value is 1.00. The SMILES string of the molecule is CC(C)CN1CCC(CN(C)SI)CC1. The largest absolute Gasteiger partial charge is 0.303 e. The molecule has 0 atom stereocenters. The molecule has 0 spiro atoms. The first-order chi connectivity index (χ1) is 7.11. The minimum absolute atomic E-state index is 0.814. The topological polar surface area (TPSA) is 6.48 Å². The zero-order valence-electron chi connectivity index (χ0n) is 10.1. The second-order valence-electron chi connectivity index (χ2n) is 5.02. The first-order valence-corrected chi connectivity index (χ1v) is 9.15. The molecule has 0 N–H and O–H groups in total. The van der Waals surface area contributed by atoms with Gasteiger partial charge in [0.1, 0.15) is 0 Å². The Balaban J connectivity index is 2.18. The van der Waals surface area contributed by atoms with Gasteiger partial charge in [0.25, 0.3) is 0 Å². The van der Waals surface area contributed by atoms with Crippen LogP contribution in [0.5, 0.6) is 0 Å². The smallest absolute Gasteiger partial charge is 0.0146 e. The van der Waals surface area contributed by atoms with Crippen molar-refractivity contribution in [3.63, 3.8) is 0 Å². The molecule has 0 radical (unpaired) electrons. The van der Waals surface area contributed by atoms with Gasteiger partial charge in [-0.3, -0.25) is 0 Å². The van der Waals surface area contributed by atoms with Crippen LogP contribution in [0.15, 0.2) is 0 Å². The number of piperidine rings is 1. The molecule has 0 bridgehead atoms. The van der Waals surface area contributed by atoms with E-state index in [1.165, 1.54) is 39.0 Å². The Bertz CT molecular complexity index is 170. The fourth-order valence-electron chi connectivity index (χ4n) is 2.26. The quantitative estimate of drug-likeness (QED) is 0.559. The van der Waals surface area contributed by atoms with Crippen LogP contribution in [-0.4, -0.2) is 42.4 Å². The summed E-state index contributed by atoms with van der Waals surface area (Å²) in [5.74, 6) is 1.73. The van der Waals surface area contributed by atoms with Crippen molar-refractivity contribution in [1.29, 1.82) is 0 Å². The van der Waals surface area contributed by atoms with Crippen molar-refractivity contribution < 1.29 is 0 Å².